The number of carbonyl (C=O) groups excluding carboxylic acids is 2. The molecular weight excluding hydrogens is 374 g/mol. The van der Waals surface area contributed by atoms with Crippen LogP contribution in [0.3, 0.4) is 0 Å². The van der Waals surface area contributed by atoms with Gasteiger partial charge in [-0.3, -0.25) is 14.6 Å². The number of imide groups is 1. The van der Waals surface area contributed by atoms with E-state index in [2.05, 4.69) is 4.98 Å². The van der Waals surface area contributed by atoms with Crippen LogP contribution < -0.4 is 4.90 Å². The van der Waals surface area contributed by atoms with Crippen LogP contribution in [0.1, 0.15) is 23.6 Å². The monoisotopic (exact) mass is 393 g/mol. The third-order valence-corrected chi connectivity index (χ3v) is 5.41. The standard InChI is InChI=1S/C22H20ClN3O2/c1-13-5-8-18(9-6-13)26-15(3)21(27)25(22(26)28)12-17-11-16-7-4-14(2)10-19(16)24-20(17)23/h4-11,15H,12H2,1-3H3. The van der Waals surface area contributed by atoms with E-state index in [-0.39, 0.29) is 18.5 Å². The molecule has 2 aromatic carbocycles. The normalized spacial score (nSPS) is 17.1. The minimum atomic E-state index is -0.565. The molecule has 1 unspecified atom stereocenters. The molecule has 0 saturated carbocycles. The van der Waals surface area contributed by atoms with Crippen LogP contribution in [0.4, 0.5) is 10.5 Å². The second-order valence-electron chi connectivity index (χ2n) is 7.22. The third kappa shape index (κ3) is 3.12. The van der Waals surface area contributed by atoms with Gasteiger partial charge in [0.05, 0.1) is 12.1 Å². The van der Waals surface area contributed by atoms with E-state index in [0.29, 0.717) is 16.4 Å². The lowest BCUT2D eigenvalue weighted by Crippen LogP contribution is -2.33. The van der Waals surface area contributed by atoms with Crippen molar-refractivity contribution in [1.82, 2.24) is 9.88 Å². The maximum absolute atomic E-state index is 13.0. The molecule has 0 radical (unpaired) electrons. The lowest BCUT2D eigenvalue weighted by Gasteiger charge is -2.19. The van der Waals surface area contributed by atoms with E-state index in [1.54, 1.807) is 6.92 Å². The number of benzene rings is 2. The molecule has 0 bridgehead atoms. The number of carbonyl (C=O) groups is 2. The summed E-state index contributed by atoms with van der Waals surface area (Å²) >= 11 is 6.36. The van der Waals surface area contributed by atoms with Gasteiger partial charge in [-0.1, -0.05) is 41.4 Å². The summed E-state index contributed by atoms with van der Waals surface area (Å²) in [4.78, 5) is 33.0. The SMILES string of the molecule is Cc1ccc(N2C(=O)N(Cc3cc4ccc(C)cc4nc3Cl)C(=O)C2C)cc1. The van der Waals surface area contributed by atoms with E-state index in [1.807, 2.05) is 62.4 Å². The molecule has 3 aromatic rings. The Labute approximate surface area is 168 Å². The fourth-order valence-corrected chi connectivity index (χ4v) is 3.69. The van der Waals surface area contributed by atoms with Crippen molar-refractivity contribution in [3.63, 3.8) is 0 Å². The predicted molar refractivity (Wildman–Crippen MR) is 111 cm³/mol. The minimum absolute atomic E-state index is 0.0972. The first-order chi connectivity index (χ1) is 13.3. The average molecular weight is 394 g/mol. The Morgan fingerprint density at radius 2 is 1.68 bits per heavy atom. The number of hydrogen-bond donors (Lipinski definition) is 0. The highest BCUT2D eigenvalue weighted by molar-refractivity contribution is 6.30. The van der Waals surface area contributed by atoms with Gasteiger partial charge in [0.1, 0.15) is 11.2 Å². The molecule has 2 heterocycles. The number of rotatable bonds is 3. The maximum Gasteiger partial charge on any atom is 0.332 e. The largest absolute Gasteiger partial charge is 0.332 e. The number of fused-ring (bicyclic) bond motifs is 1. The van der Waals surface area contributed by atoms with Crippen molar-refractivity contribution in [3.05, 3.63) is 70.4 Å². The van der Waals surface area contributed by atoms with Crippen molar-refractivity contribution >= 4 is 40.1 Å². The van der Waals surface area contributed by atoms with Gasteiger partial charge in [0, 0.05) is 16.6 Å². The van der Waals surface area contributed by atoms with Crippen molar-refractivity contribution < 1.29 is 9.59 Å². The van der Waals surface area contributed by atoms with Gasteiger partial charge in [-0.2, -0.15) is 0 Å². The van der Waals surface area contributed by atoms with Crippen LogP contribution in [0.25, 0.3) is 10.9 Å². The van der Waals surface area contributed by atoms with Gasteiger partial charge in [-0.25, -0.2) is 9.78 Å². The Morgan fingerprint density at radius 3 is 2.39 bits per heavy atom. The number of hydrogen-bond acceptors (Lipinski definition) is 3. The van der Waals surface area contributed by atoms with E-state index < -0.39 is 6.04 Å². The minimum Gasteiger partial charge on any atom is -0.282 e. The quantitative estimate of drug-likeness (QED) is 0.471. The molecule has 1 aliphatic rings. The van der Waals surface area contributed by atoms with Gasteiger partial charge in [-0.15, -0.1) is 0 Å². The number of aromatic nitrogens is 1. The van der Waals surface area contributed by atoms with E-state index in [1.165, 1.54) is 9.80 Å². The summed E-state index contributed by atoms with van der Waals surface area (Å²) in [5.41, 5.74) is 4.34. The number of anilines is 1. The molecule has 3 amide bonds. The molecule has 0 N–H and O–H groups in total. The molecule has 1 saturated heterocycles. The second kappa shape index (κ2) is 6.91. The summed E-state index contributed by atoms with van der Waals surface area (Å²) < 4.78 is 0. The number of amides is 3. The van der Waals surface area contributed by atoms with Crippen LogP contribution in [0.2, 0.25) is 5.15 Å². The van der Waals surface area contributed by atoms with E-state index in [4.69, 9.17) is 11.6 Å². The first-order valence-electron chi connectivity index (χ1n) is 9.12. The van der Waals surface area contributed by atoms with Gasteiger partial charge < -0.3 is 0 Å². The summed E-state index contributed by atoms with van der Waals surface area (Å²) in [5, 5.41) is 1.23. The number of nitrogens with zero attached hydrogens (tertiary/aromatic N) is 3. The predicted octanol–water partition coefficient (Wildman–Crippen LogP) is 4.86. The Kier molecular flexibility index (Phi) is 4.55. The first-order valence-corrected chi connectivity index (χ1v) is 9.50. The molecule has 0 spiro atoms. The highest BCUT2D eigenvalue weighted by atomic mass is 35.5. The van der Waals surface area contributed by atoms with Crippen molar-refractivity contribution in [3.8, 4) is 0 Å². The van der Waals surface area contributed by atoms with E-state index in [9.17, 15) is 9.59 Å². The summed E-state index contributed by atoms with van der Waals surface area (Å²) in [6.45, 7) is 5.81. The molecule has 1 fully saturated rings. The number of pyridine rings is 1. The topological polar surface area (TPSA) is 53.5 Å². The molecule has 4 rings (SSSR count). The fraction of sp³-hybridized carbons (Fsp3) is 0.227. The fourth-order valence-electron chi connectivity index (χ4n) is 3.49. The van der Waals surface area contributed by atoms with Gasteiger partial charge in [-0.05, 0) is 50.6 Å². The summed E-state index contributed by atoms with van der Waals surface area (Å²) in [7, 11) is 0. The zero-order valence-electron chi connectivity index (χ0n) is 15.9. The van der Waals surface area contributed by atoms with Crippen LogP contribution in [-0.2, 0) is 11.3 Å². The van der Waals surface area contributed by atoms with Crippen molar-refractivity contribution in [2.75, 3.05) is 4.90 Å². The maximum atomic E-state index is 13.0. The molecule has 142 valence electrons. The lowest BCUT2D eigenvalue weighted by molar-refractivity contribution is -0.127. The van der Waals surface area contributed by atoms with Crippen LogP contribution in [0, 0.1) is 13.8 Å². The van der Waals surface area contributed by atoms with E-state index >= 15 is 0 Å². The smallest absolute Gasteiger partial charge is 0.282 e. The molecule has 28 heavy (non-hydrogen) atoms. The average Bonchev–Trinajstić information content (AvgIpc) is 2.87. The third-order valence-electron chi connectivity index (χ3n) is 5.09. The van der Waals surface area contributed by atoms with Crippen molar-refractivity contribution in [2.45, 2.75) is 33.4 Å². The molecule has 5 nitrogen and oxygen atoms in total. The number of urea groups is 1. The number of halogens is 1. The van der Waals surface area contributed by atoms with Gasteiger partial charge in [0.2, 0.25) is 0 Å². The highest BCUT2D eigenvalue weighted by Crippen LogP contribution is 2.29. The molecular formula is C22H20ClN3O2. The van der Waals surface area contributed by atoms with Gasteiger partial charge in [0.15, 0.2) is 0 Å². The van der Waals surface area contributed by atoms with Crippen LogP contribution in [0.15, 0.2) is 48.5 Å². The Morgan fingerprint density at radius 1 is 1.00 bits per heavy atom. The van der Waals surface area contributed by atoms with E-state index in [0.717, 1.165) is 22.0 Å². The van der Waals surface area contributed by atoms with Crippen molar-refractivity contribution in [2.24, 2.45) is 0 Å². The molecule has 0 aliphatic carbocycles. The zero-order chi connectivity index (χ0) is 20.0. The molecule has 1 aromatic heterocycles. The molecule has 1 aliphatic heterocycles. The van der Waals surface area contributed by atoms with Gasteiger partial charge >= 0.3 is 6.03 Å². The zero-order valence-corrected chi connectivity index (χ0v) is 16.7. The molecule has 6 heteroatoms. The summed E-state index contributed by atoms with van der Waals surface area (Å²) in [6.07, 6.45) is 0. The Hall–Kier alpha value is -2.92. The lowest BCUT2D eigenvalue weighted by atomic mass is 10.1. The Balaban J connectivity index is 1.66. The Bertz CT molecular complexity index is 1090. The van der Waals surface area contributed by atoms with Crippen molar-refractivity contribution in [1.29, 1.82) is 0 Å². The van der Waals surface area contributed by atoms with Crippen LogP contribution in [-0.4, -0.2) is 27.9 Å². The summed E-state index contributed by atoms with van der Waals surface area (Å²) in [6, 6.07) is 14.5. The second-order valence-corrected chi connectivity index (χ2v) is 7.58. The number of aryl methyl sites for hydroxylation is 2. The van der Waals surface area contributed by atoms with Gasteiger partial charge in [0.25, 0.3) is 5.91 Å². The first kappa shape index (κ1) is 18.4. The van der Waals surface area contributed by atoms with Crippen LogP contribution in [0.5, 0.6) is 0 Å². The molecule has 1 atom stereocenters. The highest BCUT2D eigenvalue weighted by Gasteiger charge is 2.43. The summed E-state index contributed by atoms with van der Waals surface area (Å²) in [5.74, 6) is -0.245. The van der Waals surface area contributed by atoms with Crippen LogP contribution >= 0.6 is 11.6 Å².